The lowest BCUT2D eigenvalue weighted by Crippen LogP contribution is -2.03. The molecular weight excluding hydrogens is 288 g/mol. The van der Waals surface area contributed by atoms with Crippen molar-refractivity contribution in [3.63, 3.8) is 0 Å². The van der Waals surface area contributed by atoms with Gasteiger partial charge in [0.05, 0.1) is 0 Å². The molecule has 0 bridgehead atoms. The first-order valence-electron chi connectivity index (χ1n) is 6.86. The van der Waals surface area contributed by atoms with Crippen molar-refractivity contribution in [3.05, 3.63) is 57.7 Å². The van der Waals surface area contributed by atoms with Gasteiger partial charge in [-0.05, 0) is 42.0 Å². The van der Waals surface area contributed by atoms with Gasteiger partial charge in [-0.15, -0.1) is 11.8 Å². The number of rotatable bonds is 4. The highest BCUT2D eigenvalue weighted by Crippen LogP contribution is 2.31. The molecule has 0 radical (unpaired) electrons. The maximum Gasteiger partial charge on any atom is 0.101 e. The Morgan fingerprint density at radius 1 is 1.20 bits per heavy atom. The molecular formula is C16H17ClN2S. The Hall–Kier alpha value is -1.03. The summed E-state index contributed by atoms with van der Waals surface area (Å²) in [5.74, 6) is 0.832. The number of benzene rings is 1. The minimum Gasteiger partial charge on any atom is -0.326 e. The zero-order valence-corrected chi connectivity index (χ0v) is 12.8. The monoisotopic (exact) mass is 304 g/mol. The van der Waals surface area contributed by atoms with Crippen LogP contribution < -0.4 is 5.73 Å². The van der Waals surface area contributed by atoms with E-state index in [1.165, 1.54) is 17.7 Å². The van der Waals surface area contributed by atoms with Crippen LogP contribution in [0.4, 0.5) is 0 Å². The molecule has 1 heterocycles. The molecule has 1 aromatic heterocycles. The first kappa shape index (κ1) is 13.9. The molecule has 0 aliphatic heterocycles. The summed E-state index contributed by atoms with van der Waals surface area (Å²) >= 11 is 7.93. The summed E-state index contributed by atoms with van der Waals surface area (Å²) in [6, 6.07) is 10.2. The van der Waals surface area contributed by atoms with Crippen molar-refractivity contribution < 1.29 is 0 Å². The van der Waals surface area contributed by atoms with Crippen LogP contribution in [0.3, 0.4) is 0 Å². The highest BCUT2D eigenvalue weighted by atomic mass is 35.5. The summed E-state index contributed by atoms with van der Waals surface area (Å²) < 4.78 is 0. The second-order valence-electron chi connectivity index (χ2n) is 5.00. The molecule has 3 rings (SSSR count). The molecule has 104 valence electrons. The van der Waals surface area contributed by atoms with Gasteiger partial charge in [-0.3, -0.25) is 0 Å². The maximum absolute atomic E-state index is 6.20. The Kier molecular flexibility index (Phi) is 4.29. The Morgan fingerprint density at radius 3 is 2.85 bits per heavy atom. The molecule has 0 unspecified atom stereocenters. The number of nitrogens with two attached hydrogens (primary N) is 1. The molecule has 4 heteroatoms. The van der Waals surface area contributed by atoms with Gasteiger partial charge < -0.3 is 5.73 Å². The van der Waals surface area contributed by atoms with Crippen LogP contribution in [0, 0.1) is 0 Å². The number of fused-ring (bicyclic) bond motifs is 1. The van der Waals surface area contributed by atoms with Crippen LogP contribution in [0.1, 0.15) is 28.8 Å². The number of pyridine rings is 1. The smallest absolute Gasteiger partial charge is 0.101 e. The molecule has 2 nitrogen and oxygen atoms in total. The zero-order valence-electron chi connectivity index (χ0n) is 11.2. The van der Waals surface area contributed by atoms with Crippen molar-refractivity contribution in [1.82, 2.24) is 4.98 Å². The standard InChI is InChI=1S/C16H17ClN2S/c17-14-6-2-1-4-12(14)10-20-16-13(9-18)8-11-5-3-7-15(11)19-16/h1-2,4,6,8H,3,5,7,9-10,18H2. The lowest BCUT2D eigenvalue weighted by molar-refractivity contribution is 0.884. The van der Waals surface area contributed by atoms with Crippen molar-refractivity contribution in [3.8, 4) is 0 Å². The maximum atomic E-state index is 6.20. The molecule has 0 fully saturated rings. The topological polar surface area (TPSA) is 38.9 Å². The molecule has 2 aromatic rings. The van der Waals surface area contributed by atoms with Gasteiger partial charge in [0.2, 0.25) is 0 Å². The molecule has 0 amide bonds. The fourth-order valence-electron chi connectivity index (χ4n) is 2.53. The Balaban J connectivity index is 1.82. The van der Waals surface area contributed by atoms with Gasteiger partial charge >= 0.3 is 0 Å². The average Bonchev–Trinajstić information content (AvgIpc) is 2.92. The molecule has 0 saturated heterocycles. The van der Waals surface area contributed by atoms with E-state index < -0.39 is 0 Å². The third-order valence-corrected chi connectivity index (χ3v) is 5.08. The molecule has 2 N–H and O–H groups in total. The van der Waals surface area contributed by atoms with Gasteiger partial charge in [0.15, 0.2) is 0 Å². The number of hydrogen-bond donors (Lipinski definition) is 1. The fraction of sp³-hybridized carbons (Fsp3) is 0.312. The summed E-state index contributed by atoms with van der Waals surface area (Å²) in [7, 11) is 0. The highest BCUT2D eigenvalue weighted by molar-refractivity contribution is 7.98. The lowest BCUT2D eigenvalue weighted by Gasteiger charge is -2.10. The summed E-state index contributed by atoms with van der Waals surface area (Å²) in [5, 5.41) is 1.88. The van der Waals surface area contributed by atoms with Crippen molar-refractivity contribution >= 4 is 23.4 Å². The van der Waals surface area contributed by atoms with E-state index in [1.807, 2.05) is 18.2 Å². The molecule has 1 aliphatic carbocycles. The lowest BCUT2D eigenvalue weighted by atomic mass is 10.1. The van der Waals surface area contributed by atoms with Gasteiger partial charge in [-0.2, -0.15) is 0 Å². The predicted molar refractivity (Wildman–Crippen MR) is 85.2 cm³/mol. The van der Waals surface area contributed by atoms with E-state index >= 15 is 0 Å². The van der Waals surface area contributed by atoms with Crippen LogP contribution in [0.5, 0.6) is 0 Å². The summed E-state index contributed by atoms with van der Waals surface area (Å²) in [4.78, 5) is 4.81. The molecule has 1 aromatic carbocycles. The number of hydrogen-bond acceptors (Lipinski definition) is 3. The third kappa shape index (κ3) is 2.85. The number of thioether (sulfide) groups is 1. The van der Waals surface area contributed by atoms with Crippen LogP contribution in [0.15, 0.2) is 35.4 Å². The van der Waals surface area contributed by atoms with Gasteiger partial charge in [0, 0.05) is 23.0 Å². The normalized spacial score (nSPS) is 13.5. The van der Waals surface area contributed by atoms with Crippen molar-refractivity contribution in [2.24, 2.45) is 5.73 Å². The van der Waals surface area contributed by atoms with Crippen LogP contribution in [0.2, 0.25) is 5.02 Å². The molecule has 20 heavy (non-hydrogen) atoms. The largest absolute Gasteiger partial charge is 0.326 e. The second kappa shape index (κ2) is 6.17. The minimum atomic E-state index is 0.547. The van der Waals surface area contributed by atoms with Crippen molar-refractivity contribution in [2.75, 3.05) is 0 Å². The van der Waals surface area contributed by atoms with E-state index in [1.54, 1.807) is 11.8 Å². The van der Waals surface area contributed by atoms with E-state index in [-0.39, 0.29) is 0 Å². The fourth-order valence-corrected chi connectivity index (χ4v) is 3.86. The molecule has 0 spiro atoms. The van der Waals surface area contributed by atoms with E-state index in [0.29, 0.717) is 6.54 Å². The summed E-state index contributed by atoms with van der Waals surface area (Å²) in [6.07, 6.45) is 3.45. The SMILES string of the molecule is NCc1cc2c(nc1SCc1ccccc1Cl)CCC2. The molecule has 1 aliphatic rings. The van der Waals surface area contributed by atoms with Gasteiger partial charge in [-0.1, -0.05) is 35.9 Å². The minimum absolute atomic E-state index is 0.547. The first-order chi connectivity index (χ1) is 9.78. The Bertz CT molecular complexity index is 628. The van der Waals surface area contributed by atoms with Crippen LogP contribution in [-0.2, 0) is 25.1 Å². The van der Waals surface area contributed by atoms with Crippen LogP contribution in [0.25, 0.3) is 0 Å². The van der Waals surface area contributed by atoms with E-state index in [2.05, 4.69) is 12.1 Å². The van der Waals surface area contributed by atoms with Crippen LogP contribution in [-0.4, -0.2) is 4.98 Å². The zero-order chi connectivity index (χ0) is 13.9. The average molecular weight is 305 g/mol. The number of nitrogens with zero attached hydrogens (tertiary/aromatic N) is 1. The van der Waals surface area contributed by atoms with Gasteiger partial charge in [0.25, 0.3) is 0 Å². The Morgan fingerprint density at radius 2 is 2.05 bits per heavy atom. The van der Waals surface area contributed by atoms with E-state index in [0.717, 1.165) is 39.8 Å². The molecule has 0 saturated carbocycles. The Labute approximate surface area is 128 Å². The summed E-state index contributed by atoms with van der Waals surface area (Å²) in [6.45, 7) is 0.547. The second-order valence-corrected chi connectivity index (χ2v) is 6.37. The number of aromatic nitrogens is 1. The number of halogens is 1. The predicted octanol–water partition coefficient (Wildman–Crippen LogP) is 3.97. The van der Waals surface area contributed by atoms with Crippen molar-refractivity contribution in [2.45, 2.75) is 36.6 Å². The number of aryl methyl sites for hydroxylation is 2. The first-order valence-corrected chi connectivity index (χ1v) is 8.22. The molecule has 0 atom stereocenters. The van der Waals surface area contributed by atoms with E-state index in [4.69, 9.17) is 22.3 Å². The third-order valence-electron chi connectivity index (χ3n) is 3.63. The summed E-state index contributed by atoms with van der Waals surface area (Å²) in [5.41, 5.74) is 10.8. The van der Waals surface area contributed by atoms with Gasteiger partial charge in [-0.25, -0.2) is 4.98 Å². The van der Waals surface area contributed by atoms with E-state index in [9.17, 15) is 0 Å². The van der Waals surface area contributed by atoms with Gasteiger partial charge in [0.1, 0.15) is 5.03 Å². The highest BCUT2D eigenvalue weighted by Gasteiger charge is 2.16. The van der Waals surface area contributed by atoms with Crippen molar-refractivity contribution in [1.29, 1.82) is 0 Å². The van der Waals surface area contributed by atoms with Crippen LogP contribution >= 0.6 is 23.4 Å². The quantitative estimate of drug-likeness (QED) is 0.869.